The molecular weight excluding hydrogens is 320 g/mol. The first-order chi connectivity index (χ1) is 9.78. The summed E-state index contributed by atoms with van der Waals surface area (Å²) in [4.78, 5) is 33.5. The average Bonchev–Trinajstić information content (AvgIpc) is 2.81. The van der Waals surface area contributed by atoms with Crippen molar-refractivity contribution in [2.45, 2.75) is 29.5 Å². The highest BCUT2D eigenvalue weighted by Gasteiger charge is 2.31. The summed E-state index contributed by atoms with van der Waals surface area (Å²) >= 11 is 0.829. The van der Waals surface area contributed by atoms with Gasteiger partial charge >= 0.3 is 5.97 Å². The third kappa shape index (κ3) is 3.86. The summed E-state index contributed by atoms with van der Waals surface area (Å²) in [6.07, 6.45) is -0.108. The first-order valence-corrected chi connectivity index (χ1v) is 8.24. The van der Waals surface area contributed by atoms with Crippen molar-refractivity contribution in [3.8, 4) is 0 Å². The van der Waals surface area contributed by atoms with E-state index in [1.807, 2.05) is 0 Å². The minimum absolute atomic E-state index is 0.0631. The van der Waals surface area contributed by atoms with Gasteiger partial charge in [0.25, 0.3) is 10.0 Å². The molecule has 1 aliphatic rings. The molecule has 2 heterocycles. The Kier molecular flexibility index (Phi) is 4.40. The third-order valence-electron chi connectivity index (χ3n) is 2.76. The Morgan fingerprint density at radius 2 is 2.14 bits per heavy atom. The molecule has 0 saturated carbocycles. The van der Waals surface area contributed by atoms with Crippen LogP contribution < -0.4 is 10.0 Å². The van der Waals surface area contributed by atoms with Gasteiger partial charge in [0.1, 0.15) is 10.3 Å². The van der Waals surface area contributed by atoms with Crippen molar-refractivity contribution < 1.29 is 27.9 Å². The largest absolute Gasteiger partial charge is 0.481 e. The van der Waals surface area contributed by atoms with Gasteiger partial charge in [0.15, 0.2) is 0 Å². The smallest absolute Gasteiger partial charge is 0.308 e. The number of carboxylic acids is 1. The summed E-state index contributed by atoms with van der Waals surface area (Å²) in [5, 5.41) is 10.7. The van der Waals surface area contributed by atoms with Gasteiger partial charge in [-0.2, -0.15) is 4.72 Å². The molecule has 3 N–H and O–H groups in total. The van der Waals surface area contributed by atoms with Crippen molar-refractivity contribution in [3.63, 3.8) is 0 Å². The highest BCUT2D eigenvalue weighted by atomic mass is 32.2. The van der Waals surface area contributed by atoms with Crippen LogP contribution in [0.2, 0.25) is 0 Å². The van der Waals surface area contributed by atoms with Gasteiger partial charge in [-0.15, -0.1) is 11.3 Å². The normalized spacial score (nSPS) is 19.3. The maximum Gasteiger partial charge on any atom is 0.308 e. The van der Waals surface area contributed by atoms with Crippen molar-refractivity contribution in [2.24, 2.45) is 0 Å². The fraction of sp³-hybridized carbons (Fsp3) is 0.364. The predicted octanol–water partition coefficient (Wildman–Crippen LogP) is -0.541. The number of sulfonamides is 1. The van der Waals surface area contributed by atoms with Crippen molar-refractivity contribution in [2.75, 3.05) is 0 Å². The van der Waals surface area contributed by atoms with E-state index in [1.165, 1.54) is 12.1 Å². The van der Waals surface area contributed by atoms with Crippen molar-refractivity contribution in [1.29, 1.82) is 0 Å². The van der Waals surface area contributed by atoms with E-state index in [4.69, 9.17) is 5.11 Å². The molecule has 10 heteroatoms. The maximum absolute atomic E-state index is 12.1. The fourth-order valence-corrected chi connectivity index (χ4v) is 4.39. The van der Waals surface area contributed by atoms with E-state index in [9.17, 15) is 22.8 Å². The molecule has 1 aromatic rings. The number of thiophene rings is 1. The highest BCUT2D eigenvalue weighted by Crippen LogP contribution is 2.22. The molecule has 0 spiro atoms. The number of carboxylic acid groups (broad SMARTS) is 1. The lowest BCUT2D eigenvalue weighted by Crippen LogP contribution is -2.52. The summed E-state index contributed by atoms with van der Waals surface area (Å²) in [6, 6.07) is 1.70. The monoisotopic (exact) mass is 332 g/mol. The van der Waals surface area contributed by atoms with E-state index < -0.39 is 33.8 Å². The van der Waals surface area contributed by atoms with Crippen LogP contribution in [0.15, 0.2) is 16.3 Å². The topological polar surface area (TPSA) is 130 Å². The number of piperidine rings is 1. The molecule has 0 bridgehead atoms. The average molecular weight is 332 g/mol. The van der Waals surface area contributed by atoms with Crippen LogP contribution in [0.5, 0.6) is 0 Å². The summed E-state index contributed by atoms with van der Waals surface area (Å²) in [7, 11) is -3.92. The summed E-state index contributed by atoms with van der Waals surface area (Å²) in [6.45, 7) is 0. The van der Waals surface area contributed by atoms with Crippen LogP contribution in [0, 0.1) is 0 Å². The molecule has 21 heavy (non-hydrogen) atoms. The lowest BCUT2D eigenvalue weighted by atomic mass is 10.1. The van der Waals surface area contributed by atoms with E-state index in [0.29, 0.717) is 4.88 Å². The molecule has 1 saturated heterocycles. The molecule has 1 aliphatic heterocycles. The summed E-state index contributed by atoms with van der Waals surface area (Å²) < 4.78 is 26.4. The molecule has 0 aliphatic carbocycles. The van der Waals surface area contributed by atoms with Gasteiger partial charge in [0, 0.05) is 11.3 Å². The third-order valence-corrected chi connectivity index (χ3v) is 5.81. The number of hydrogen-bond acceptors (Lipinski definition) is 6. The Morgan fingerprint density at radius 1 is 1.43 bits per heavy atom. The highest BCUT2D eigenvalue weighted by molar-refractivity contribution is 7.91. The minimum atomic E-state index is -3.92. The van der Waals surface area contributed by atoms with Crippen LogP contribution in [0.3, 0.4) is 0 Å². The Hall–Kier alpha value is -1.78. The van der Waals surface area contributed by atoms with E-state index in [0.717, 1.165) is 11.3 Å². The van der Waals surface area contributed by atoms with Crippen molar-refractivity contribution >= 4 is 39.1 Å². The molecule has 8 nitrogen and oxygen atoms in total. The second kappa shape index (κ2) is 5.92. The van der Waals surface area contributed by atoms with Gasteiger partial charge in [-0.05, 0) is 18.6 Å². The van der Waals surface area contributed by atoms with Gasteiger partial charge in [0.05, 0.1) is 6.42 Å². The minimum Gasteiger partial charge on any atom is -0.481 e. The van der Waals surface area contributed by atoms with Gasteiger partial charge in [-0.1, -0.05) is 0 Å². The van der Waals surface area contributed by atoms with E-state index in [-0.39, 0.29) is 23.5 Å². The molecule has 0 aromatic carbocycles. The fourth-order valence-electron chi connectivity index (χ4n) is 1.80. The molecule has 114 valence electrons. The number of carbonyl (C=O) groups excluding carboxylic acids is 2. The molecular formula is C11H12N2O6S2. The van der Waals surface area contributed by atoms with Crippen molar-refractivity contribution in [3.05, 3.63) is 17.0 Å². The molecule has 1 atom stereocenters. The first-order valence-electron chi connectivity index (χ1n) is 5.94. The summed E-state index contributed by atoms with van der Waals surface area (Å²) in [5.41, 5.74) is 0. The van der Waals surface area contributed by atoms with E-state index in [1.54, 1.807) is 0 Å². The van der Waals surface area contributed by atoms with Crippen LogP contribution in [0.25, 0.3) is 0 Å². The molecule has 2 rings (SSSR count). The quantitative estimate of drug-likeness (QED) is 0.621. The van der Waals surface area contributed by atoms with Crippen LogP contribution in [0.4, 0.5) is 0 Å². The number of rotatable bonds is 5. The Labute approximate surface area is 124 Å². The lowest BCUT2D eigenvalue weighted by Gasteiger charge is -2.21. The number of amides is 2. The number of nitrogens with one attached hydrogen (secondary N) is 2. The molecule has 2 amide bonds. The molecule has 1 aromatic heterocycles. The number of carbonyl (C=O) groups is 3. The van der Waals surface area contributed by atoms with Gasteiger partial charge in [0.2, 0.25) is 11.8 Å². The van der Waals surface area contributed by atoms with E-state index in [2.05, 4.69) is 10.0 Å². The zero-order valence-corrected chi connectivity index (χ0v) is 12.3. The van der Waals surface area contributed by atoms with Gasteiger partial charge < -0.3 is 5.11 Å². The zero-order chi connectivity index (χ0) is 15.6. The number of hydrogen-bond donors (Lipinski definition) is 3. The Balaban J connectivity index is 2.11. The van der Waals surface area contributed by atoms with Crippen LogP contribution in [0.1, 0.15) is 17.7 Å². The van der Waals surface area contributed by atoms with Gasteiger partial charge in [-0.25, -0.2) is 8.42 Å². The van der Waals surface area contributed by atoms with Crippen LogP contribution >= 0.6 is 11.3 Å². The first kappa shape index (κ1) is 15.6. The predicted molar refractivity (Wildman–Crippen MR) is 72.2 cm³/mol. The van der Waals surface area contributed by atoms with E-state index >= 15 is 0 Å². The second-order valence-electron chi connectivity index (χ2n) is 4.42. The molecule has 1 fully saturated rings. The van der Waals surface area contributed by atoms with Crippen LogP contribution in [-0.2, 0) is 30.8 Å². The SMILES string of the molecule is O=C(O)Cc1ccc(S(=O)(=O)NC2CCC(=O)NC2=O)s1. The molecule has 0 radical (unpaired) electrons. The van der Waals surface area contributed by atoms with Gasteiger partial charge in [-0.3, -0.25) is 19.7 Å². The lowest BCUT2D eigenvalue weighted by molar-refractivity contribution is -0.136. The Morgan fingerprint density at radius 3 is 2.76 bits per heavy atom. The standard InChI is InChI=1S/C11H12N2O6S2/c14-8-3-2-7(11(17)12-8)13-21(18,19)10-4-1-6(20-10)5-9(15)16/h1,4,7,13H,2-3,5H2,(H,15,16)(H,12,14,17). The summed E-state index contributed by atoms with van der Waals surface area (Å²) in [5.74, 6) is -2.17. The number of aliphatic carboxylic acids is 1. The van der Waals surface area contributed by atoms with Crippen LogP contribution in [-0.4, -0.2) is 37.3 Å². The second-order valence-corrected chi connectivity index (χ2v) is 7.53. The maximum atomic E-state index is 12.1. The zero-order valence-electron chi connectivity index (χ0n) is 10.7. The Bertz CT molecular complexity index is 693. The van der Waals surface area contributed by atoms with Crippen molar-refractivity contribution in [1.82, 2.24) is 10.0 Å². The number of imide groups is 1. The molecule has 1 unspecified atom stereocenters.